The van der Waals surface area contributed by atoms with Crippen LogP contribution in [-0.4, -0.2) is 34.8 Å². The molecule has 0 aromatic heterocycles. The van der Waals surface area contributed by atoms with Crippen LogP contribution in [-0.2, 0) is 14.4 Å². The van der Waals surface area contributed by atoms with Gasteiger partial charge in [-0.2, -0.15) is 0 Å². The Bertz CT molecular complexity index is 1120. The molecule has 3 rings (SSSR count). The second-order valence-electron chi connectivity index (χ2n) is 9.71. The summed E-state index contributed by atoms with van der Waals surface area (Å²) in [5.74, 6) is 0. The van der Waals surface area contributed by atoms with Crippen molar-refractivity contribution >= 4 is 40.3 Å². The Morgan fingerprint density at radius 1 is 0.882 bits per heavy atom. The Balaban J connectivity index is 1.87. The first-order valence-electron chi connectivity index (χ1n) is 11.5. The molecule has 7 heteroatoms. The van der Waals surface area contributed by atoms with Crippen LogP contribution in [0.4, 0.5) is 0 Å². The summed E-state index contributed by atoms with van der Waals surface area (Å²) in [5, 5.41) is 1.58. The molecule has 0 radical (unpaired) electrons. The van der Waals surface area contributed by atoms with Gasteiger partial charge in [0, 0.05) is 6.04 Å². The van der Waals surface area contributed by atoms with Crippen LogP contribution in [0.5, 0.6) is 0 Å². The molecule has 0 spiro atoms. The Morgan fingerprint density at radius 3 is 1.79 bits per heavy atom. The zero-order valence-corrected chi connectivity index (χ0v) is 23.0. The SMILES string of the molecule is Cc1ccc(S(=O)(=O)N[C@@H](C)[C@@H](Cl)CO[Si](c2ccccc2)(c2ccccc2)C(C)(C)C)cc1. The van der Waals surface area contributed by atoms with E-state index in [1.165, 1.54) is 0 Å². The molecule has 34 heavy (non-hydrogen) atoms. The number of nitrogens with one attached hydrogen (secondary N) is 1. The molecule has 0 saturated carbocycles. The number of aryl methyl sites for hydroxylation is 1. The van der Waals surface area contributed by atoms with E-state index in [4.69, 9.17) is 16.0 Å². The lowest BCUT2D eigenvalue weighted by atomic mass is 10.2. The van der Waals surface area contributed by atoms with Crippen molar-refractivity contribution in [3.63, 3.8) is 0 Å². The summed E-state index contributed by atoms with van der Waals surface area (Å²) < 4.78 is 35.3. The fourth-order valence-corrected chi connectivity index (χ4v) is 10.4. The largest absolute Gasteiger partial charge is 0.406 e. The molecule has 0 aliphatic rings. The van der Waals surface area contributed by atoms with E-state index in [2.05, 4.69) is 49.8 Å². The van der Waals surface area contributed by atoms with Gasteiger partial charge in [0.2, 0.25) is 10.0 Å². The monoisotopic (exact) mass is 515 g/mol. The molecule has 0 heterocycles. The Morgan fingerprint density at radius 2 is 1.35 bits per heavy atom. The average Bonchev–Trinajstić information content (AvgIpc) is 2.80. The van der Waals surface area contributed by atoms with E-state index in [1.807, 2.05) is 43.3 Å². The maximum atomic E-state index is 12.9. The molecule has 0 bridgehead atoms. The van der Waals surface area contributed by atoms with E-state index in [-0.39, 0.29) is 16.5 Å². The molecule has 0 amide bonds. The number of rotatable bonds is 9. The van der Waals surface area contributed by atoms with Gasteiger partial charge in [0.15, 0.2) is 0 Å². The number of hydrogen-bond acceptors (Lipinski definition) is 3. The first kappa shape index (κ1) is 26.6. The van der Waals surface area contributed by atoms with Crippen molar-refractivity contribution in [2.24, 2.45) is 0 Å². The minimum atomic E-state index is -3.69. The minimum Gasteiger partial charge on any atom is -0.406 e. The third-order valence-electron chi connectivity index (χ3n) is 6.09. The van der Waals surface area contributed by atoms with E-state index < -0.39 is 29.8 Å². The molecular formula is C27H34ClNO3SSi. The first-order valence-corrected chi connectivity index (χ1v) is 15.3. The Hall–Kier alpha value is -1.96. The number of hydrogen-bond donors (Lipinski definition) is 1. The van der Waals surface area contributed by atoms with Crippen molar-refractivity contribution in [2.45, 2.75) is 56.0 Å². The number of halogens is 1. The Kier molecular flexibility index (Phi) is 8.42. The van der Waals surface area contributed by atoms with Crippen LogP contribution < -0.4 is 15.1 Å². The molecule has 0 aliphatic carbocycles. The maximum Gasteiger partial charge on any atom is 0.261 e. The van der Waals surface area contributed by atoms with E-state index >= 15 is 0 Å². The predicted octanol–water partition coefficient (Wildman–Crippen LogP) is 4.85. The normalized spacial score (nSPS) is 14.5. The molecule has 1 N–H and O–H groups in total. The number of sulfonamides is 1. The van der Waals surface area contributed by atoms with Crippen LogP contribution in [0.2, 0.25) is 5.04 Å². The molecule has 0 aliphatic heterocycles. The summed E-state index contributed by atoms with van der Waals surface area (Å²) >= 11 is 6.75. The average molecular weight is 516 g/mol. The molecule has 0 unspecified atom stereocenters. The standard InChI is InChI=1S/C27H34ClNO3SSi/c1-21-16-18-23(19-17-21)33(30,31)29-22(2)26(28)20-32-34(27(3,4)5,24-12-8-6-9-13-24)25-14-10-7-11-15-25/h6-19,22,26,29H,20H2,1-5H3/t22-,26-/m0/s1. The quantitative estimate of drug-likeness (QED) is 0.327. The van der Waals surface area contributed by atoms with Gasteiger partial charge in [-0.1, -0.05) is 99.1 Å². The Labute approximate surface area is 210 Å². The molecular weight excluding hydrogens is 482 g/mol. The molecule has 0 saturated heterocycles. The second-order valence-corrected chi connectivity index (χ2v) is 16.3. The summed E-state index contributed by atoms with van der Waals surface area (Å²) in [6.07, 6.45) is 0. The molecule has 2 atom stereocenters. The van der Waals surface area contributed by atoms with Crippen molar-refractivity contribution in [1.29, 1.82) is 0 Å². The third-order valence-corrected chi connectivity index (χ3v) is 13.2. The fourth-order valence-electron chi connectivity index (χ4n) is 4.21. The van der Waals surface area contributed by atoms with Crippen LogP contribution in [0.1, 0.15) is 33.3 Å². The smallest absolute Gasteiger partial charge is 0.261 e. The number of alkyl halides is 1. The summed E-state index contributed by atoms with van der Waals surface area (Å²) in [6.45, 7) is 10.5. The number of benzene rings is 3. The van der Waals surface area contributed by atoms with Crippen molar-refractivity contribution in [3.8, 4) is 0 Å². The van der Waals surface area contributed by atoms with E-state index in [1.54, 1.807) is 31.2 Å². The van der Waals surface area contributed by atoms with Gasteiger partial charge in [-0.15, -0.1) is 11.6 Å². The highest BCUT2D eigenvalue weighted by Crippen LogP contribution is 2.37. The van der Waals surface area contributed by atoms with Gasteiger partial charge in [-0.3, -0.25) is 0 Å². The van der Waals surface area contributed by atoms with Crippen LogP contribution in [0.3, 0.4) is 0 Å². The van der Waals surface area contributed by atoms with Gasteiger partial charge in [0.1, 0.15) is 0 Å². The van der Waals surface area contributed by atoms with E-state index in [9.17, 15) is 8.42 Å². The van der Waals surface area contributed by atoms with E-state index in [0.29, 0.717) is 0 Å². The van der Waals surface area contributed by atoms with Crippen LogP contribution in [0, 0.1) is 6.92 Å². The molecule has 182 valence electrons. The summed E-state index contributed by atoms with van der Waals surface area (Å²) in [5.41, 5.74) is 1.00. The zero-order valence-electron chi connectivity index (χ0n) is 20.5. The van der Waals surface area contributed by atoms with E-state index in [0.717, 1.165) is 15.9 Å². The summed E-state index contributed by atoms with van der Waals surface area (Å²) in [6, 6.07) is 26.9. The van der Waals surface area contributed by atoms with Gasteiger partial charge >= 0.3 is 0 Å². The van der Waals surface area contributed by atoms with Crippen molar-refractivity contribution < 1.29 is 12.8 Å². The van der Waals surface area contributed by atoms with Crippen molar-refractivity contribution in [3.05, 3.63) is 90.5 Å². The maximum absolute atomic E-state index is 12.9. The summed E-state index contributed by atoms with van der Waals surface area (Å²) in [7, 11) is -6.43. The topological polar surface area (TPSA) is 55.4 Å². The second kappa shape index (κ2) is 10.8. The summed E-state index contributed by atoms with van der Waals surface area (Å²) in [4.78, 5) is 0.224. The van der Waals surface area contributed by atoms with Gasteiger partial charge in [0.25, 0.3) is 8.32 Å². The molecule has 0 fully saturated rings. The molecule has 3 aromatic rings. The van der Waals surface area contributed by atoms with Crippen molar-refractivity contribution in [2.75, 3.05) is 6.61 Å². The molecule has 3 aromatic carbocycles. The highest BCUT2D eigenvalue weighted by Gasteiger charge is 2.50. The van der Waals surface area contributed by atoms with Crippen LogP contribution >= 0.6 is 11.6 Å². The van der Waals surface area contributed by atoms with Gasteiger partial charge in [-0.25, -0.2) is 13.1 Å². The minimum absolute atomic E-state index is 0.184. The van der Waals surface area contributed by atoms with Gasteiger partial charge in [0.05, 0.1) is 16.9 Å². The fraction of sp³-hybridized carbons (Fsp3) is 0.333. The highest BCUT2D eigenvalue weighted by molar-refractivity contribution is 7.89. The predicted molar refractivity (Wildman–Crippen MR) is 144 cm³/mol. The first-order chi connectivity index (χ1) is 16.0. The third kappa shape index (κ3) is 5.81. The lowest BCUT2D eigenvalue weighted by molar-refractivity contribution is 0.283. The highest BCUT2D eigenvalue weighted by atomic mass is 35.5. The van der Waals surface area contributed by atoms with Crippen molar-refractivity contribution in [1.82, 2.24) is 4.72 Å². The lowest BCUT2D eigenvalue weighted by Gasteiger charge is -2.43. The van der Waals surface area contributed by atoms with Gasteiger partial charge in [-0.05, 0) is 41.4 Å². The van der Waals surface area contributed by atoms with Crippen LogP contribution in [0.15, 0.2) is 89.8 Å². The zero-order chi connectivity index (χ0) is 25.0. The van der Waals surface area contributed by atoms with Gasteiger partial charge < -0.3 is 4.43 Å². The van der Waals surface area contributed by atoms with Crippen LogP contribution in [0.25, 0.3) is 0 Å². The lowest BCUT2D eigenvalue weighted by Crippen LogP contribution is -2.67. The molecule has 4 nitrogen and oxygen atoms in total.